The number of carbonyl (C=O) groups excluding carboxylic acids is 1. The molecule has 0 unspecified atom stereocenters. The van der Waals surface area contributed by atoms with E-state index >= 15 is 0 Å². The fraction of sp³-hybridized carbons (Fsp3) is 0.923. The molecule has 3 atom stereocenters. The van der Waals surface area contributed by atoms with Gasteiger partial charge in [0.15, 0.2) is 0 Å². The maximum absolute atomic E-state index is 12.2. The average molecular weight is 240 g/mol. The lowest BCUT2D eigenvalue weighted by Crippen LogP contribution is -2.42. The van der Waals surface area contributed by atoms with Crippen LogP contribution in [0.1, 0.15) is 26.7 Å². The molecular weight excluding hydrogens is 216 g/mol. The van der Waals surface area contributed by atoms with Crippen molar-refractivity contribution < 1.29 is 9.53 Å². The second kappa shape index (κ2) is 5.83. The molecule has 0 spiro atoms. The topological polar surface area (TPSA) is 41.6 Å². The predicted octanol–water partition coefficient (Wildman–Crippen LogP) is 0.869. The number of ether oxygens (including phenoxy) is 1. The van der Waals surface area contributed by atoms with Crippen LogP contribution < -0.4 is 5.32 Å². The highest BCUT2D eigenvalue weighted by Crippen LogP contribution is 2.24. The maximum atomic E-state index is 12.2. The minimum Gasteiger partial charge on any atom is -0.381 e. The SMILES string of the molecule is CCOC[C@@H]1CN(C(=O)[C@@H]2CCCN2)C[C@@H]1C. The maximum Gasteiger partial charge on any atom is 0.239 e. The molecule has 2 aliphatic heterocycles. The normalized spacial score (nSPS) is 33.3. The largest absolute Gasteiger partial charge is 0.381 e. The number of hydrogen-bond acceptors (Lipinski definition) is 3. The summed E-state index contributed by atoms with van der Waals surface area (Å²) in [5.74, 6) is 1.38. The molecule has 17 heavy (non-hydrogen) atoms. The first-order valence-electron chi connectivity index (χ1n) is 6.82. The van der Waals surface area contributed by atoms with Crippen LogP contribution in [0.4, 0.5) is 0 Å². The second-order valence-corrected chi connectivity index (χ2v) is 5.29. The number of likely N-dealkylation sites (tertiary alicyclic amines) is 1. The summed E-state index contributed by atoms with van der Waals surface area (Å²) in [6.07, 6.45) is 2.13. The first-order chi connectivity index (χ1) is 8.22. The van der Waals surface area contributed by atoms with Crippen LogP contribution in [0, 0.1) is 11.8 Å². The number of amides is 1. The molecule has 0 saturated carbocycles. The van der Waals surface area contributed by atoms with Crippen molar-refractivity contribution in [2.24, 2.45) is 11.8 Å². The van der Waals surface area contributed by atoms with E-state index in [0.717, 1.165) is 45.7 Å². The Labute approximate surface area is 104 Å². The molecule has 0 bridgehead atoms. The van der Waals surface area contributed by atoms with Crippen molar-refractivity contribution in [1.29, 1.82) is 0 Å². The van der Waals surface area contributed by atoms with E-state index in [1.807, 2.05) is 11.8 Å². The van der Waals surface area contributed by atoms with E-state index in [1.165, 1.54) is 0 Å². The van der Waals surface area contributed by atoms with Gasteiger partial charge in [-0.1, -0.05) is 6.92 Å². The van der Waals surface area contributed by atoms with Gasteiger partial charge in [0, 0.05) is 25.6 Å². The summed E-state index contributed by atoms with van der Waals surface area (Å²) in [6.45, 7) is 8.56. The third-order valence-electron chi connectivity index (χ3n) is 3.97. The molecule has 0 aromatic heterocycles. The minimum atomic E-state index is 0.0769. The molecule has 1 amide bonds. The van der Waals surface area contributed by atoms with Gasteiger partial charge >= 0.3 is 0 Å². The average Bonchev–Trinajstić information content (AvgIpc) is 2.95. The molecule has 0 aromatic carbocycles. The van der Waals surface area contributed by atoms with E-state index in [1.54, 1.807) is 0 Å². The molecule has 0 aromatic rings. The fourth-order valence-electron chi connectivity index (χ4n) is 2.82. The summed E-state index contributed by atoms with van der Waals surface area (Å²) in [6, 6.07) is 0.0769. The van der Waals surface area contributed by atoms with E-state index in [0.29, 0.717) is 17.7 Å². The molecule has 98 valence electrons. The molecule has 0 aliphatic carbocycles. The second-order valence-electron chi connectivity index (χ2n) is 5.29. The predicted molar refractivity (Wildman–Crippen MR) is 66.8 cm³/mol. The third-order valence-corrected chi connectivity index (χ3v) is 3.97. The summed E-state index contributed by atoms with van der Waals surface area (Å²) in [7, 11) is 0. The zero-order valence-corrected chi connectivity index (χ0v) is 10.9. The van der Waals surface area contributed by atoms with Crippen molar-refractivity contribution in [3.8, 4) is 0 Å². The molecule has 2 fully saturated rings. The lowest BCUT2D eigenvalue weighted by atomic mass is 9.99. The van der Waals surface area contributed by atoms with E-state index in [2.05, 4.69) is 12.2 Å². The highest BCUT2D eigenvalue weighted by molar-refractivity contribution is 5.82. The number of rotatable bonds is 4. The summed E-state index contributed by atoms with van der Waals surface area (Å²) in [4.78, 5) is 14.3. The molecule has 2 aliphatic rings. The molecule has 4 heteroatoms. The number of carbonyl (C=O) groups is 1. The van der Waals surface area contributed by atoms with Gasteiger partial charge in [-0.25, -0.2) is 0 Å². The van der Waals surface area contributed by atoms with Gasteiger partial charge in [-0.05, 0) is 32.2 Å². The monoisotopic (exact) mass is 240 g/mol. The molecular formula is C13H24N2O2. The lowest BCUT2D eigenvalue weighted by molar-refractivity contribution is -0.132. The Hall–Kier alpha value is -0.610. The van der Waals surface area contributed by atoms with Crippen LogP contribution in [0.25, 0.3) is 0 Å². The van der Waals surface area contributed by atoms with Crippen LogP contribution in [-0.4, -0.2) is 49.7 Å². The zero-order valence-electron chi connectivity index (χ0n) is 10.9. The van der Waals surface area contributed by atoms with Crippen molar-refractivity contribution in [2.75, 3.05) is 32.8 Å². The van der Waals surface area contributed by atoms with Crippen molar-refractivity contribution in [3.63, 3.8) is 0 Å². The Balaban J connectivity index is 1.84. The van der Waals surface area contributed by atoms with E-state index in [9.17, 15) is 4.79 Å². The zero-order chi connectivity index (χ0) is 12.3. The smallest absolute Gasteiger partial charge is 0.239 e. The van der Waals surface area contributed by atoms with Crippen LogP contribution in [-0.2, 0) is 9.53 Å². The Morgan fingerprint density at radius 1 is 1.47 bits per heavy atom. The standard InChI is InChI=1S/C13H24N2O2/c1-3-17-9-11-8-15(7-10(11)2)13(16)12-5-4-6-14-12/h10-12,14H,3-9H2,1-2H3/t10-,11-,12-/m0/s1. The Morgan fingerprint density at radius 3 is 2.94 bits per heavy atom. The first kappa shape index (κ1) is 12.8. The van der Waals surface area contributed by atoms with Gasteiger partial charge in [0.25, 0.3) is 0 Å². The minimum absolute atomic E-state index is 0.0769. The Morgan fingerprint density at radius 2 is 2.29 bits per heavy atom. The van der Waals surface area contributed by atoms with Gasteiger partial charge in [-0.15, -0.1) is 0 Å². The fourth-order valence-corrected chi connectivity index (χ4v) is 2.82. The first-order valence-corrected chi connectivity index (χ1v) is 6.82. The summed E-state index contributed by atoms with van der Waals surface area (Å²) >= 11 is 0. The van der Waals surface area contributed by atoms with Crippen LogP contribution in [0.3, 0.4) is 0 Å². The van der Waals surface area contributed by atoms with Gasteiger partial charge in [0.2, 0.25) is 5.91 Å². The van der Waals surface area contributed by atoms with Crippen molar-refractivity contribution in [2.45, 2.75) is 32.7 Å². The van der Waals surface area contributed by atoms with E-state index in [-0.39, 0.29) is 6.04 Å². The van der Waals surface area contributed by atoms with Crippen LogP contribution in [0.15, 0.2) is 0 Å². The number of nitrogens with zero attached hydrogens (tertiary/aromatic N) is 1. The molecule has 2 heterocycles. The van der Waals surface area contributed by atoms with Crippen molar-refractivity contribution in [3.05, 3.63) is 0 Å². The van der Waals surface area contributed by atoms with Gasteiger partial charge in [-0.3, -0.25) is 4.79 Å². The number of hydrogen-bond donors (Lipinski definition) is 1. The van der Waals surface area contributed by atoms with Crippen LogP contribution in [0.2, 0.25) is 0 Å². The molecule has 1 N–H and O–H groups in total. The van der Waals surface area contributed by atoms with Crippen molar-refractivity contribution >= 4 is 5.91 Å². The molecule has 2 rings (SSSR count). The highest BCUT2D eigenvalue weighted by Gasteiger charge is 2.35. The van der Waals surface area contributed by atoms with Gasteiger partial charge in [0.05, 0.1) is 12.6 Å². The highest BCUT2D eigenvalue weighted by atomic mass is 16.5. The third kappa shape index (κ3) is 2.99. The van der Waals surface area contributed by atoms with Crippen molar-refractivity contribution in [1.82, 2.24) is 10.2 Å². The molecule has 4 nitrogen and oxygen atoms in total. The van der Waals surface area contributed by atoms with E-state index < -0.39 is 0 Å². The van der Waals surface area contributed by atoms with Crippen LogP contribution >= 0.6 is 0 Å². The molecule has 2 saturated heterocycles. The lowest BCUT2D eigenvalue weighted by Gasteiger charge is -2.20. The number of nitrogens with one attached hydrogen (secondary N) is 1. The van der Waals surface area contributed by atoms with E-state index in [4.69, 9.17) is 4.74 Å². The summed E-state index contributed by atoms with van der Waals surface area (Å²) < 4.78 is 5.49. The van der Waals surface area contributed by atoms with Gasteiger partial charge < -0.3 is 15.0 Å². The molecule has 0 radical (unpaired) electrons. The summed E-state index contributed by atoms with van der Waals surface area (Å²) in [5, 5.41) is 3.28. The van der Waals surface area contributed by atoms with Gasteiger partial charge in [-0.2, -0.15) is 0 Å². The Kier molecular flexibility index (Phi) is 4.40. The van der Waals surface area contributed by atoms with Crippen LogP contribution in [0.5, 0.6) is 0 Å². The summed E-state index contributed by atoms with van der Waals surface area (Å²) in [5.41, 5.74) is 0. The van der Waals surface area contributed by atoms with Gasteiger partial charge in [0.1, 0.15) is 0 Å². The Bertz CT molecular complexity index is 264. The quantitative estimate of drug-likeness (QED) is 0.793.